The van der Waals surface area contributed by atoms with E-state index >= 15 is 0 Å². The second-order valence-corrected chi connectivity index (χ2v) is 7.52. The lowest BCUT2D eigenvalue weighted by molar-refractivity contribution is -0.138. The van der Waals surface area contributed by atoms with E-state index in [0.717, 1.165) is 22.3 Å². The van der Waals surface area contributed by atoms with Crippen molar-refractivity contribution in [2.75, 3.05) is 11.9 Å². The maximum Gasteiger partial charge on any atom is 0.412 e. The largest absolute Gasteiger partial charge is 0.480 e. The van der Waals surface area contributed by atoms with Crippen molar-refractivity contribution < 1.29 is 24.2 Å². The quantitative estimate of drug-likeness (QED) is 0.548. The van der Waals surface area contributed by atoms with Crippen LogP contribution in [0.15, 0.2) is 54.6 Å². The summed E-state index contributed by atoms with van der Waals surface area (Å²) < 4.78 is 6.72. The number of amides is 2. The van der Waals surface area contributed by atoms with Crippen LogP contribution in [0.4, 0.5) is 10.6 Å². The van der Waals surface area contributed by atoms with Gasteiger partial charge in [-0.1, -0.05) is 48.5 Å². The maximum atomic E-state index is 12.4. The SMILES string of the molecule is C[C@H](NC(=O)c1cc(NC(=O)OCC2c3ccccc3-c3ccccc32)nn1C)C(=O)O. The number of fused-ring (bicyclic) bond motifs is 3. The molecule has 0 spiro atoms. The fourth-order valence-corrected chi connectivity index (χ4v) is 3.81. The van der Waals surface area contributed by atoms with E-state index in [0.29, 0.717) is 0 Å². The molecule has 4 rings (SSSR count). The average Bonchev–Trinajstić information content (AvgIpc) is 3.29. The zero-order valence-corrected chi connectivity index (χ0v) is 17.5. The summed E-state index contributed by atoms with van der Waals surface area (Å²) in [4.78, 5) is 35.5. The number of carbonyl (C=O) groups excluding carboxylic acids is 2. The molecular formula is C23H22N4O5. The van der Waals surface area contributed by atoms with Crippen LogP contribution in [-0.4, -0.2) is 45.5 Å². The second-order valence-electron chi connectivity index (χ2n) is 7.52. The molecule has 0 saturated carbocycles. The number of carbonyl (C=O) groups is 3. The molecule has 0 fully saturated rings. The smallest absolute Gasteiger partial charge is 0.412 e. The fourth-order valence-electron chi connectivity index (χ4n) is 3.81. The Hall–Kier alpha value is -4.14. The first-order valence-electron chi connectivity index (χ1n) is 10.0. The van der Waals surface area contributed by atoms with Gasteiger partial charge in [-0.2, -0.15) is 5.10 Å². The number of benzene rings is 2. The van der Waals surface area contributed by atoms with Crippen LogP contribution in [0.3, 0.4) is 0 Å². The number of carboxylic acid groups (broad SMARTS) is 1. The fraction of sp³-hybridized carbons (Fsp3) is 0.217. The van der Waals surface area contributed by atoms with E-state index in [4.69, 9.17) is 9.84 Å². The molecule has 1 aliphatic rings. The molecule has 2 aromatic carbocycles. The van der Waals surface area contributed by atoms with Gasteiger partial charge in [-0.15, -0.1) is 0 Å². The summed E-state index contributed by atoms with van der Waals surface area (Å²) in [6.07, 6.45) is -0.698. The van der Waals surface area contributed by atoms with Crippen molar-refractivity contribution in [2.45, 2.75) is 18.9 Å². The highest BCUT2D eigenvalue weighted by molar-refractivity contribution is 5.96. The van der Waals surface area contributed by atoms with Crippen LogP contribution in [0.2, 0.25) is 0 Å². The molecule has 9 heteroatoms. The van der Waals surface area contributed by atoms with Gasteiger partial charge in [0.15, 0.2) is 5.82 Å². The molecule has 164 valence electrons. The Balaban J connectivity index is 1.41. The zero-order valence-electron chi connectivity index (χ0n) is 17.5. The minimum Gasteiger partial charge on any atom is -0.480 e. The lowest BCUT2D eigenvalue weighted by Crippen LogP contribution is -2.39. The second kappa shape index (κ2) is 8.54. The van der Waals surface area contributed by atoms with E-state index in [9.17, 15) is 14.4 Å². The predicted octanol–water partition coefficient (Wildman–Crippen LogP) is 2.98. The van der Waals surface area contributed by atoms with Crippen LogP contribution < -0.4 is 10.6 Å². The highest BCUT2D eigenvalue weighted by Crippen LogP contribution is 2.44. The number of aliphatic carboxylic acids is 1. The molecule has 0 radical (unpaired) electrons. The molecule has 3 N–H and O–H groups in total. The number of anilines is 1. The van der Waals surface area contributed by atoms with Crippen LogP contribution in [-0.2, 0) is 16.6 Å². The standard InChI is InChI=1S/C23H22N4O5/c1-13(22(29)30)24-21(28)19-11-20(26-27(19)2)25-23(31)32-12-18-16-9-5-3-7-14(16)15-8-4-6-10-17(15)18/h3-11,13,18H,12H2,1-2H3,(H,24,28)(H,29,30)(H,25,26,31)/t13-/m0/s1. The number of hydrogen-bond donors (Lipinski definition) is 3. The molecule has 9 nitrogen and oxygen atoms in total. The number of aromatic nitrogens is 2. The van der Waals surface area contributed by atoms with Crippen molar-refractivity contribution in [1.29, 1.82) is 0 Å². The Morgan fingerprint density at radius 2 is 1.69 bits per heavy atom. The van der Waals surface area contributed by atoms with Crippen LogP contribution in [0.1, 0.15) is 34.5 Å². The Bertz CT molecular complexity index is 1160. The lowest BCUT2D eigenvalue weighted by atomic mass is 9.98. The Labute approximate surface area is 184 Å². The van der Waals surface area contributed by atoms with Crippen molar-refractivity contribution in [3.8, 4) is 11.1 Å². The molecule has 0 aliphatic heterocycles. The molecule has 0 bridgehead atoms. The molecule has 1 aromatic heterocycles. The molecule has 3 aromatic rings. The van der Waals surface area contributed by atoms with Crippen molar-refractivity contribution in [3.63, 3.8) is 0 Å². The van der Waals surface area contributed by atoms with Crippen LogP contribution in [0.25, 0.3) is 11.1 Å². The van der Waals surface area contributed by atoms with Crippen molar-refractivity contribution >= 4 is 23.8 Å². The van der Waals surface area contributed by atoms with Gasteiger partial charge in [-0.05, 0) is 29.2 Å². The zero-order chi connectivity index (χ0) is 22.8. The van der Waals surface area contributed by atoms with E-state index in [1.54, 1.807) is 0 Å². The van der Waals surface area contributed by atoms with Gasteiger partial charge in [-0.3, -0.25) is 19.6 Å². The van der Waals surface area contributed by atoms with Gasteiger partial charge in [0.05, 0.1) is 0 Å². The van der Waals surface area contributed by atoms with Gasteiger partial charge < -0.3 is 15.2 Å². The molecule has 32 heavy (non-hydrogen) atoms. The first-order valence-corrected chi connectivity index (χ1v) is 10.0. The molecule has 0 saturated heterocycles. The summed E-state index contributed by atoms with van der Waals surface area (Å²) in [6, 6.07) is 16.4. The van der Waals surface area contributed by atoms with Gasteiger partial charge in [-0.25, -0.2) is 4.79 Å². The van der Waals surface area contributed by atoms with E-state index in [1.165, 1.54) is 24.7 Å². The summed E-state index contributed by atoms with van der Waals surface area (Å²) >= 11 is 0. The van der Waals surface area contributed by atoms with E-state index in [1.807, 2.05) is 36.4 Å². The lowest BCUT2D eigenvalue weighted by Gasteiger charge is -2.14. The third-order valence-electron chi connectivity index (χ3n) is 5.40. The number of ether oxygens (including phenoxy) is 1. The molecule has 0 unspecified atom stereocenters. The number of carboxylic acids is 1. The maximum absolute atomic E-state index is 12.4. The first kappa shape index (κ1) is 21.1. The topological polar surface area (TPSA) is 123 Å². The summed E-state index contributed by atoms with van der Waals surface area (Å²) in [6.45, 7) is 1.50. The molecule has 1 aliphatic carbocycles. The molecule has 2 amide bonds. The third-order valence-corrected chi connectivity index (χ3v) is 5.40. The average molecular weight is 434 g/mol. The number of nitrogens with one attached hydrogen (secondary N) is 2. The number of nitrogens with zero attached hydrogens (tertiary/aromatic N) is 2. The highest BCUT2D eigenvalue weighted by Gasteiger charge is 2.29. The van der Waals surface area contributed by atoms with Crippen LogP contribution in [0.5, 0.6) is 0 Å². The Kier molecular flexibility index (Phi) is 5.63. The third kappa shape index (κ3) is 4.04. The summed E-state index contributed by atoms with van der Waals surface area (Å²) in [7, 11) is 1.52. The first-order chi connectivity index (χ1) is 15.3. The van der Waals surface area contributed by atoms with Crippen molar-refractivity contribution in [2.24, 2.45) is 7.05 Å². The van der Waals surface area contributed by atoms with Gasteiger partial charge in [0, 0.05) is 19.0 Å². The molecular weight excluding hydrogens is 412 g/mol. The van der Waals surface area contributed by atoms with Gasteiger partial charge in [0.1, 0.15) is 18.3 Å². The minimum absolute atomic E-state index is 0.0734. The molecule has 1 heterocycles. The normalized spacial score (nSPS) is 13.1. The van der Waals surface area contributed by atoms with Gasteiger partial charge in [0.25, 0.3) is 5.91 Å². The summed E-state index contributed by atoms with van der Waals surface area (Å²) in [5.74, 6) is -1.72. The predicted molar refractivity (Wildman–Crippen MR) is 116 cm³/mol. The monoisotopic (exact) mass is 434 g/mol. The Morgan fingerprint density at radius 3 is 2.28 bits per heavy atom. The van der Waals surface area contributed by atoms with Crippen LogP contribution in [0, 0.1) is 0 Å². The number of aryl methyl sites for hydroxylation is 1. The van der Waals surface area contributed by atoms with E-state index in [-0.39, 0.29) is 24.0 Å². The number of rotatable bonds is 6. The van der Waals surface area contributed by atoms with Crippen LogP contribution >= 0.6 is 0 Å². The van der Waals surface area contributed by atoms with Gasteiger partial charge >= 0.3 is 12.1 Å². The molecule has 1 atom stereocenters. The van der Waals surface area contributed by atoms with Gasteiger partial charge in [0.2, 0.25) is 0 Å². The summed E-state index contributed by atoms with van der Waals surface area (Å²) in [5, 5.41) is 17.9. The summed E-state index contributed by atoms with van der Waals surface area (Å²) in [5.41, 5.74) is 4.57. The minimum atomic E-state index is -1.16. The van der Waals surface area contributed by atoms with Crippen molar-refractivity contribution in [1.82, 2.24) is 15.1 Å². The van der Waals surface area contributed by atoms with E-state index in [2.05, 4.69) is 27.9 Å². The Morgan fingerprint density at radius 1 is 1.09 bits per heavy atom. The number of hydrogen-bond acceptors (Lipinski definition) is 5. The highest BCUT2D eigenvalue weighted by atomic mass is 16.5. The van der Waals surface area contributed by atoms with E-state index < -0.39 is 24.0 Å². The van der Waals surface area contributed by atoms with Crippen molar-refractivity contribution in [3.05, 3.63) is 71.4 Å².